The first kappa shape index (κ1) is 15.3. The van der Waals surface area contributed by atoms with E-state index < -0.39 is 0 Å². The van der Waals surface area contributed by atoms with Gasteiger partial charge in [-0.05, 0) is 36.6 Å². The molecule has 0 fully saturated rings. The third-order valence-corrected chi connectivity index (χ3v) is 4.45. The van der Waals surface area contributed by atoms with Gasteiger partial charge >= 0.3 is 0 Å². The monoisotopic (exact) mass is 331 g/mol. The van der Waals surface area contributed by atoms with Gasteiger partial charge in [0.1, 0.15) is 6.54 Å². The number of benzene rings is 1. The van der Waals surface area contributed by atoms with E-state index in [9.17, 15) is 9.59 Å². The number of aliphatic imine (C=N–C) groups is 1. The van der Waals surface area contributed by atoms with E-state index in [1.165, 1.54) is 0 Å². The summed E-state index contributed by atoms with van der Waals surface area (Å²) in [5.74, 6) is -0.314. The zero-order chi connectivity index (χ0) is 17.4. The molecule has 124 valence electrons. The van der Waals surface area contributed by atoms with Crippen LogP contribution in [0.2, 0.25) is 0 Å². The quantitative estimate of drug-likeness (QED) is 0.920. The molecule has 25 heavy (non-hydrogen) atoms. The van der Waals surface area contributed by atoms with Crippen LogP contribution in [0.3, 0.4) is 0 Å². The van der Waals surface area contributed by atoms with Crippen molar-refractivity contribution in [3.05, 3.63) is 72.1 Å². The number of fused-ring (bicyclic) bond motifs is 2. The van der Waals surface area contributed by atoms with Crippen molar-refractivity contribution in [3.63, 3.8) is 0 Å². The van der Waals surface area contributed by atoms with Crippen molar-refractivity contribution in [2.45, 2.75) is 13.5 Å². The third kappa shape index (κ3) is 2.96. The average Bonchev–Trinajstić information content (AvgIpc) is 2.97. The summed E-state index contributed by atoms with van der Waals surface area (Å²) < 4.78 is 1.89. The summed E-state index contributed by atoms with van der Waals surface area (Å²) in [7, 11) is 0. The second-order valence-corrected chi connectivity index (χ2v) is 6.25. The molecule has 2 aromatic rings. The molecule has 1 N–H and O–H groups in total. The Hall–Kier alpha value is -3.21. The predicted octanol–water partition coefficient (Wildman–Crippen LogP) is 2.75. The van der Waals surface area contributed by atoms with E-state index in [0.29, 0.717) is 5.71 Å². The molecule has 2 aliphatic rings. The van der Waals surface area contributed by atoms with Gasteiger partial charge in [0.15, 0.2) is 0 Å². The van der Waals surface area contributed by atoms with Gasteiger partial charge < -0.3 is 9.88 Å². The number of nitrogens with zero attached hydrogens (tertiary/aromatic N) is 2. The van der Waals surface area contributed by atoms with Crippen LogP contribution in [0.4, 0.5) is 0 Å². The number of nitrogens with one attached hydrogen (secondary N) is 1. The number of rotatable bonds is 2. The van der Waals surface area contributed by atoms with E-state index in [-0.39, 0.29) is 24.3 Å². The highest BCUT2D eigenvalue weighted by Crippen LogP contribution is 2.26. The number of hydrogen-bond acceptors (Lipinski definition) is 2. The van der Waals surface area contributed by atoms with Crippen molar-refractivity contribution in [1.82, 2.24) is 9.88 Å². The Morgan fingerprint density at radius 1 is 1.24 bits per heavy atom. The van der Waals surface area contributed by atoms with Crippen LogP contribution in [-0.4, -0.2) is 22.1 Å². The van der Waals surface area contributed by atoms with E-state index in [1.54, 1.807) is 12.2 Å². The lowest BCUT2D eigenvalue weighted by molar-refractivity contribution is -0.118. The van der Waals surface area contributed by atoms with E-state index in [1.807, 2.05) is 60.2 Å². The molecule has 0 spiro atoms. The molecule has 1 aromatic carbocycles. The summed E-state index contributed by atoms with van der Waals surface area (Å²) in [5.41, 5.74) is 3.32. The van der Waals surface area contributed by atoms with Crippen LogP contribution in [0, 0.1) is 5.92 Å². The normalized spacial score (nSPS) is 20.9. The van der Waals surface area contributed by atoms with Gasteiger partial charge in [-0.3, -0.25) is 9.59 Å². The molecule has 1 atom stereocenters. The molecule has 2 heterocycles. The second-order valence-electron chi connectivity index (χ2n) is 6.25. The Morgan fingerprint density at radius 2 is 2.08 bits per heavy atom. The number of amides is 2. The first-order valence-electron chi connectivity index (χ1n) is 8.14. The molecular weight excluding hydrogens is 314 g/mol. The molecule has 4 rings (SSSR count). The number of aromatic nitrogens is 1. The van der Waals surface area contributed by atoms with E-state index in [0.717, 1.165) is 22.2 Å². The Morgan fingerprint density at radius 3 is 2.96 bits per heavy atom. The molecule has 0 radical (unpaired) electrons. The van der Waals surface area contributed by atoms with Crippen LogP contribution in [0.25, 0.3) is 10.9 Å². The summed E-state index contributed by atoms with van der Waals surface area (Å²) in [4.78, 5) is 28.2. The number of allylic oxidation sites excluding steroid dienone is 3. The highest BCUT2D eigenvalue weighted by Gasteiger charge is 2.23. The minimum atomic E-state index is -0.231. The SMILES string of the molecule is CC1=CC(=O)NC2=CC(=NC(=O)Cn3ccc4ccccc43)C=CC12. The molecule has 0 saturated heterocycles. The maximum atomic E-state index is 12.3. The van der Waals surface area contributed by atoms with Gasteiger partial charge in [0.05, 0.1) is 5.71 Å². The number of para-hydroxylation sites is 1. The summed E-state index contributed by atoms with van der Waals surface area (Å²) in [5, 5.41) is 3.91. The fourth-order valence-corrected chi connectivity index (χ4v) is 3.25. The number of carbonyl (C=O) groups is 2. The highest BCUT2D eigenvalue weighted by atomic mass is 16.2. The Bertz CT molecular complexity index is 1000. The lowest BCUT2D eigenvalue weighted by Crippen LogP contribution is -2.32. The van der Waals surface area contributed by atoms with Crippen molar-refractivity contribution in [2.24, 2.45) is 10.9 Å². The molecule has 0 bridgehead atoms. The van der Waals surface area contributed by atoms with Crippen LogP contribution in [-0.2, 0) is 16.1 Å². The smallest absolute Gasteiger partial charge is 0.266 e. The maximum absolute atomic E-state index is 12.3. The van der Waals surface area contributed by atoms with Gasteiger partial charge in [0.2, 0.25) is 5.91 Å². The Balaban J connectivity index is 1.55. The summed E-state index contributed by atoms with van der Waals surface area (Å²) in [6.07, 6.45) is 9.04. The van der Waals surface area contributed by atoms with Gasteiger partial charge in [0.25, 0.3) is 5.91 Å². The second kappa shape index (κ2) is 6.02. The van der Waals surface area contributed by atoms with Crippen LogP contribution in [0.15, 0.2) is 77.1 Å². The van der Waals surface area contributed by atoms with Crippen molar-refractivity contribution >= 4 is 28.4 Å². The molecule has 1 aliphatic heterocycles. The third-order valence-electron chi connectivity index (χ3n) is 4.45. The first-order valence-corrected chi connectivity index (χ1v) is 8.14. The standard InChI is InChI=1S/C20H17N3O2/c1-13-10-19(24)22-17-11-15(6-7-16(13)17)21-20(25)12-23-9-8-14-4-2-3-5-18(14)23/h2-11,16H,12H2,1H3,(H,22,24). The van der Waals surface area contributed by atoms with Crippen molar-refractivity contribution in [2.75, 3.05) is 0 Å². The molecule has 5 nitrogen and oxygen atoms in total. The Kier molecular flexibility index (Phi) is 3.69. The average molecular weight is 331 g/mol. The zero-order valence-electron chi connectivity index (χ0n) is 13.8. The lowest BCUT2D eigenvalue weighted by atomic mass is 9.89. The summed E-state index contributed by atoms with van der Waals surface area (Å²) in [6.45, 7) is 2.11. The molecule has 5 heteroatoms. The van der Waals surface area contributed by atoms with E-state index in [4.69, 9.17) is 0 Å². The molecule has 1 aliphatic carbocycles. The summed E-state index contributed by atoms with van der Waals surface area (Å²) in [6, 6.07) is 9.90. The van der Waals surface area contributed by atoms with Crippen LogP contribution < -0.4 is 5.32 Å². The number of carbonyl (C=O) groups excluding carboxylic acids is 2. The predicted molar refractivity (Wildman–Crippen MR) is 97.0 cm³/mol. The lowest BCUT2D eigenvalue weighted by Gasteiger charge is -2.25. The fourth-order valence-electron chi connectivity index (χ4n) is 3.25. The molecule has 0 saturated carbocycles. The fraction of sp³-hybridized carbons (Fsp3) is 0.150. The van der Waals surface area contributed by atoms with Gasteiger partial charge in [0, 0.05) is 29.4 Å². The van der Waals surface area contributed by atoms with Crippen LogP contribution in [0.5, 0.6) is 0 Å². The van der Waals surface area contributed by atoms with Crippen molar-refractivity contribution in [3.8, 4) is 0 Å². The number of hydrogen-bond donors (Lipinski definition) is 1. The minimum Gasteiger partial charge on any atom is -0.338 e. The van der Waals surface area contributed by atoms with Crippen molar-refractivity contribution in [1.29, 1.82) is 0 Å². The van der Waals surface area contributed by atoms with E-state index >= 15 is 0 Å². The Labute approximate surface area is 145 Å². The van der Waals surface area contributed by atoms with Gasteiger partial charge in [-0.15, -0.1) is 0 Å². The molecule has 1 unspecified atom stereocenters. The van der Waals surface area contributed by atoms with Gasteiger partial charge in [-0.25, -0.2) is 4.99 Å². The first-order chi connectivity index (χ1) is 12.1. The highest BCUT2D eigenvalue weighted by molar-refractivity contribution is 6.11. The van der Waals surface area contributed by atoms with E-state index in [2.05, 4.69) is 10.3 Å². The maximum Gasteiger partial charge on any atom is 0.266 e. The van der Waals surface area contributed by atoms with Crippen LogP contribution >= 0.6 is 0 Å². The zero-order valence-corrected chi connectivity index (χ0v) is 13.8. The minimum absolute atomic E-state index is 0.0557. The largest absolute Gasteiger partial charge is 0.338 e. The molecule has 2 amide bonds. The topological polar surface area (TPSA) is 63.5 Å². The molecule has 1 aromatic heterocycles. The summed E-state index contributed by atoms with van der Waals surface area (Å²) >= 11 is 0. The van der Waals surface area contributed by atoms with Gasteiger partial charge in [-0.2, -0.15) is 0 Å². The van der Waals surface area contributed by atoms with Gasteiger partial charge in [-0.1, -0.05) is 29.8 Å². The molecular formula is C20H17N3O2. The van der Waals surface area contributed by atoms with Crippen molar-refractivity contribution < 1.29 is 9.59 Å². The van der Waals surface area contributed by atoms with Crippen LogP contribution in [0.1, 0.15) is 6.92 Å².